The number of anilines is 4. The topological polar surface area (TPSA) is 99.4 Å². The van der Waals surface area contributed by atoms with Crippen LogP contribution >= 0.6 is 0 Å². The van der Waals surface area contributed by atoms with Crippen molar-refractivity contribution < 1.29 is 4.79 Å². The van der Waals surface area contributed by atoms with Crippen LogP contribution in [0.2, 0.25) is 0 Å². The van der Waals surface area contributed by atoms with E-state index in [9.17, 15) is 4.79 Å². The predicted octanol–water partition coefficient (Wildman–Crippen LogP) is 3.95. The van der Waals surface area contributed by atoms with Crippen molar-refractivity contribution in [1.29, 1.82) is 0 Å². The largest absolute Gasteiger partial charge is 0.369 e. The lowest BCUT2D eigenvalue weighted by Gasteiger charge is -2.35. The summed E-state index contributed by atoms with van der Waals surface area (Å²) in [5.41, 5.74) is 10.5. The molecule has 1 atom stereocenters. The Morgan fingerprint density at radius 1 is 0.971 bits per heavy atom. The second kappa shape index (κ2) is 11.3. The molecule has 8 nitrogen and oxygen atoms in total. The molecule has 0 bridgehead atoms. The van der Waals surface area contributed by atoms with Crippen LogP contribution in [0, 0.1) is 5.92 Å². The van der Waals surface area contributed by atoms with E-state index in [1.165, 1.54) is 5.69 Å². The van der Waals surface area contributed by atoms with Gasteiger partial charge in [0, 0.05) is 55.0 Å². The summed E-state index contributed by atoms with van der Waals surface area (Å²) in [5, 5.41) is 6.17. The Morgan fingerprint density at radius 2 is 1.63 bits per heavy atom. The highest BCUT2D eigenvalue weighted by Crippen LogP contribution is 2.24. The fraction of sp³-hybridized carbons (Fsp3) is 0.370. The van der Waals surface area contributed by atoms with E-state index in [1.54, 1.807) is 6.20 Å². The van der Waals surface area contributed by atoms with Crippen LogP contribution in [-0.2, 0) is 4.79 Å². The van der Waals surface area contributed by atoms with Crippen molar-refractivity contribution in [2.45, 2.75) is 26.8 Å². The molecule has 2 heterocycles. The summed E-state index contributed by atoms with van der Waals surface area (Å²) in [6.07, 6.45) is 1.74. The molecule has 1 aliphatic heterocycles. The van der Waals surface area contributed by atoms with E-state index in [1.807, 2.05) is 44.2 Å². The molecule has 4 rings (SSSR count). The van der Waals surface area contributed by atoms with E-state index in [-0.39, 0.29) is 11.8 Å². The SMILES string of the molecule is CCN1CCN(c2ccc(Nc3nccc(-c4ccc(NC(=O)C(N)C(C)C)cc4)n3)cc2)CC1. The number of carbonyl (C=O) groups excluding carboxylic acids is 1. The lowest BCUT2D eigenvalue weighted by atomic mass is 10.0. The van der Waals surface area contributed by atoms with E-state index < -0.39 is 6.04 Å². The molecule has 0 aliphatic carbocycles. The smallest absolute Gasteiger partial charge is 0.241 e. The summed E-state index contributed by atoms with van der Waals surface area (Å²) in [7, 11) is 0. The molecule has 1 saturated heterocycles. The number of piperazine rings is 1. The first kappa shape index (κ1) is 24.6. The quantitative estimate of drug-likeness (QED) is 0.455. The van der Waals surface area contributed by atoms with Crippen molar-refractivity contribution in [3.63, 3.8) is 0 Å². The number of hydrogen-bond donors (Lipinski definition) is 3. The minimum Gasteiger partial charge on any atom is -0.369 e. The van der Waals surface area contributed by atoms with Crippen molar-refractivity contribution in [3.05, 3.63) is 60.8 Å². The normalized spacial score (nSPS) is 15.2. The Hall–Kier alpha value is -3.49. The summed E-state index contributed by atoms with van der Waals surface area (Å²) >= 11 is 0. The van der Waals surface area contributed by atoms with E-state index >= 15 is 0 Å². The molecule has 1 aliphatic rings. The second-order valence-electron chi connectivity index (χ2n) is 9.20. The van der Waals surface area contributed by atoms with Crippen LogP contribution in [0.5, 0.6) is 0 Å². The average molecular weight is 474 g/mol. The van der Waals surface area contributed by atoms with Crippen molar-refractivity contribution in [2.75, 3.05) is 48.3 Å². The molecule has 35 heavy (non-hydrogen) atoms. The second-order valence-corrected chi connectivity index (χ2v) is 9.20. The third-order valence-corrected chi connectivity index (χ3v) is 6.43. The molecule has 1 aromatic heterocycles. The number of hydrogen-bond acceptors (Lipinski definition) is 7. The minimum atomic E-state index is -0.537. The van der Waals surface area contributed by atoms with Crippen LogP contribution in [0.25, 0.3) is 11.3 Å². The third kappa shape index (κ3) is 6.35. The summed E-state index contributed by atoms with van der Waals surface area (Å²) in [6.45, 7) is 11.5. The zero-order chi connectivity index (χ0) is 24.8. The molecule has 0 spiro atoms. The molecular weight excluding hydrogens is 438 g/mol. The van der Waals surface area contributed by atoms with E-state index in [0.717, 1.165) is 49.7 Å². The van der Waals surface area contributed by atoms with Crippen molar-refractivity contribution in [1.82, 2.24) is 14.9 Å². The fourth-order valence-electron chi connectivity index (χ4n) is 4.04. The minimum absolute atomic E-state index is 0.0777. The Balaban J connectivity index is 1.38. The van der Waals surface area contributed by atoms with Crippen LogP contribution in [0.3, 0.4) is 0 Å². The number of aromatic nitrogens is 2. The molecule has 1 unspecified atom stereocenters. The molecule has 1 fully saturated rings. The zero-order valence-corrected chi connectivity index (χ0v) is 20.7. The number of nitrogens with two attached hydrogens (primary N) is 1. The molecule has 0 saturated carbocycles. The number of rotatable bonds is 8. The van der Waals surface area contributed by atoms with Gasteiger partial charge in [-0.2, -0.15) is 0 Å². The Labute approximate surface area is 207 Å². The van der Waals surface area contributed by atoms with Gasteiger partial charge in [-0.05, 0) is 54.9 Å². The highest BCUT2D eigenvalue weighted by atomic mass is 16.2. The summed E-state index contributed by atoms with van der Waals surface area (Å²) in [4.78, 5) is 26.1. The van der Waals surface area contributed by atoms with E-state index in [2.05, 4.69) is 61.6 Å². The van der Waals surface area contributed by atoms with Crippen molar-refractivity contribution >= 4 is 28.9 Å². The molecule has 2 aromatic carbocycles. The van der Waals surface area contributed by atoms with Crippen LogP contribution in [0.4, 0.5) is 23.0 Å². The highest BCUT2D eigenvalue weighted by molar-refractivity contribution is 5.95. The lowest BCUT2D eigenvalue weighted by molar-refractivity contribution is -0.118. The van der Waals surface area contributed by atoms with Crippen LogP contribution in [0.1, 0.15) is 20.8 Å². The van der Waals surface area contributed by atoms with Gasteiger partial charge >= 0.3 is 0 Å². The first-order valence-corrected chi connectivity index (χ1v) is 12.3. The summed E-state index contributed by atoms with van der Waals surface area (Å²) < 4.78 is 0. The van der Waals surface area contributed by atoms with Gasteiger partial charge in [-0.15, -0.1) is 0 Å². The monoisotopic (exact) mass is 473 g/mol. The van der Waals surface area contributed by atoms with Gasteiger partial charge in [0.2, 0.25) is 11.9 Å². The number of carbonyl (C=O) groups is 1. The predicted molar refractivity (Wildman–Crippen MR) is 143 cm³/mol. The maximum absolute atomic E-state index is 12.2. The third-order valence-electron chi connectivity index (χ3n) is 6.43. The molecule has 1 amide bonds. The Bertz CT molecular complexity index is 1110. The van der Waals surface area contributed by atoms with Gasteiger partial charge in [-0.3, -0.25) is 4.79 Å². The molecule has 4 N–H and O–H groups in total. The van der Waals surface area contributed by atoms with Crippen LogP contribution in [-0.4, -0.2) is 59.5 Å². The first-order chi connectivity index (χ1) is 16.9. The maximum Gasteiger partial charge on any atom is 0.241 e. The molecule has 3 aromatic rings. The molecule has 8 heteroatoms. The standard InChI is InChI=1S/C27H35N7O/c1-4-33-15-17-34(18-16-33)23-11-9-22(10-12-23)31-27-29-14-13-24(32-27)20-5-7-21(8-6-20)30-26(35)25(28)19(2)3/h5-14,19,25H,4,15-18,28H2,1-3H3,(H,30,35)(H,29,31,32). The number of nitrogens with one attached hydrogen (secondary N) is 2. The van der Waals surface area contributed by atoms with Gasteiger partial charge in [-0.1, -0.05) is 32.9 Å². The van der Waals surface area contributed by atoms with Crippen molar-refractivity contribution in [2.24, 2.45) is 11.7 Å². The number of benzene rings is 2. The summed E-state index contributed by atoms with van der Waals surface area (Å²) in [5.74, 6) is 0.427. The van der Waals surface area contributed by atoms with Gasteiger partial charge in [-0.25, -0.2) is 9.97 Å². The molecule has 0 radical (unpaired) electrons. The first-order valence-electron chi connectivity index (χ1n) is 12.3. The summed E-state index contributed by atoms with van der Waals surface area (Å²) in [6, 6.07) is 17.3. The van der Waals surface area contributed by atoms with E-state index in [4.69, 9.17) is 5.73 Å². The average Bonchev–Trinajstić information content (AvgIpc) is 2.89. The highest BCUT2D eigenvalue weighted by Gasteiger charge is 2.17. The lowest BCUT2D eigenvalue weighted by Crippen LogP contribution is -2.46. The zero-order valence-electron chi connectivity index (χ0n) is 20.7. The molecule has 184 valence electrons. The fourth-order valence-corrected chi connectivity index (χ4v) is 4.04. The van der Waals surface area contributed by atoms with Gasteiger partial charge in [0.05, 0.1) is 11.7 Å². The van der Waals surface area contributed by atoms with Gasteiger partial charge in [0.25, 0.3) is 0 Å². The number of likely N-dealkylation sites (N-methyl/N-ethyl adjacent to an activating group) is 1. The van der Waals surface area contributed by atoms with Gasteiger partial charge in [0.15, 0.2) is 0 Å². The maximum atomic E-state index is 12.2. The Morgan fingerprint density at radius 3 is 2.26 bits per heavy atom. The van der Waals surface area contributed by atoms with Crippen molar-refractivity contribution in [3.8, 4) is 11.3 Å². The Kier molecular flexibility index (Phi) is 7.94. The molecular formula is C27H35N7O. The van der Waals surface area contributed by atoms with Gasteiger partial charge in [0.1, 0.15) is 0 Å². The van der Waals surface area contributed by atoms with E-state index in [0.29, 0.717) is 11.6 Å². The number of amides is 1. The van der Waals surface area contributed by atoms with Crippen LogP contribution < -0.4 is 21.3 Å². The van der Waals surface area contributed by atoms with Crippen LogP contribution in [0.15, 0.2) is 60.8 Å². The number of nitrogens with zero attached hydrogens (tertiary/aromatic N) is 4. The van der Waals surface area contributed by atoms with Gasteiger partial charge < -0.3 is 26.2 Å².